The fourth-order valence-electron chi connectivity index (χ4n) is 2.30. The van der Waals surface area contributed by atoms with E-state index in [9.17, 15) is 4.79 Å². The lowest BCUT2D eigenvalue weighted by molar-refractivity contribution is -0.141. The SMILES string of the molecule is Cc1cccc2c1CC(CC(C)C(=O)O)N2. The lowest BCUT2D eigenvalue weighted by atomic mass is 9.98. The Morgan fingerprint density at radius 1 is 1.62 bits per heavy atom. The molecule has 0 radical (unpaired) electrons. The predicted molar refractivity (Wildman–Crippen MR) is 63.7 cm³/mol. The first-order chi connectivity index (χ1) is 7.58. The number of hydrogen-bond acceptors (Lipinski definition) is 2. The fourth-order valence-corrected chi connectivity index (χ4v) is 2.30. The number of rotatable bonds is 3. The smallest absolute Gasteiger partial charge is 0.306 e. The first-order valence-electron chi connectivity index (χ1n) is 5.65. The van der Waals surface area contributed by atoms with Crippen LogP contribution in [0.1, 0.15) is 24.5 Å². The average Bonchev–Trinajstić information content (AvgIpc) is 2.61. The maximum Gasteiger partial charge on any atom is 0.306 e. The molecule has 2 atom stereocenters. The summed E-state index contributed by atoms with van der Waals surface area (Å²) in [4.78, 5) is 10.8. The van der Waals surface area contributed by atoms with E-state index in [2.05, 4.69) is 24.4 Å². The van der Waals surface area contributed by atoms with Gasteiger partial charge < -0.3 is 10.4 Å². The third-order valence-electron chi connectivity index (χ3n) is 3.28. The van der Waals surface area contributed by atoms with Crippen LogP contribution in [0.2, 0.25) is 0 Å². The number of anilines is 1. The lowest BCUT2D eigenvalue weighted by Crippen LogP contribution is -2.22. The van der Waals surface area contributed by atoms with Crippen LogP contribution in [0.3, 0.4) is 0 Å². The van der Waals surface area contributed by atoms with E-state index in [0.29, 0.717) is 6.42 Å². The highest BCUT2D eigenvalue weighted by molar-refractivity contribution is 5.70. The van der Waals surface area contributed by atoms with Crippen molar-refractivity contribution in [2.75, 3.05) is 5.32 Å². The molecule has 1 aromatic carbocycles. The number of nitrogens with one attached hydrogen (secondary N) is 1. The van der Waals surface area contributed by atoms with Crippen LogP contribution in [0, 0.1) is 12.8 Å². The summed E-state index contributed by atoms with van der Waals surface area (Å²) in [6.45, 7) is 3.86. The molecule has 3 nitrogen and oxygen atoms in total. The molecule has 2 rings (SSSR count). The van der Waals surface area contributed by atoms with E-state index < -0.39 is 5.97 Å². The number of fused-ring (bicyclic) bond motifs is 1. The molecule has 0 amide bonds. The number of carboxylic acid groups (broad SMARTS) is 1. The van der Waals surface area contributed by atoms with Crippen LogP contribution in [0.5, 0.6) is 0 Å². The second kappa shape index (κ2) is 4.16. The predicted octanol–water partition coefficient (Wildman–Crippen LogP) is 2.44. The molecule has 86 valence electrons. The molecule has 1 aliphatic heterocycles. The van der Waals surface area contributed by atoms with E-state index in [1.165, 1.54) is 16.8 Å². The maximum absolute atomic E-state index is 10.8. The quantitative estimate of drug-likeness (QED) is 0.821. The Labute approximate surface area is 95.5 Å². The van der Waals surface area contributed by atoms with Gasteiger partial charge in [0.2, 0.25) is 0 Å². The molecule has 16 heavy (non-hydrogen) atoms. The molecule has 1 heterocycles. The fraction of sp³-hybridized carbons (Fsp3) is 0.462. The number of hydrogen-bond donors (Lipinski definition) is 2. The second-order valence-electron chi connectivity index (χ2n) is 4.62. The molecule has 2 N–H and O–H groups in total. The standard InChI is InChI=1S/C13H17NO2/c1-8-4-3-5-12-11(8)7-10(14-12)6-9(2)13(15)16/h3-5,9-10,14H,6-7H2,1-2H3,(H,15,16). The Balaban J connectivity index is 2.06. The van der Waals surface area contributed by atoms with Gasteiger partial charge in [-0.25, -0.2) is 0 Å². The summed E-state index contributed by atoms with van der Waals surface area (Å²) in [7, 11) is 0. The number of aliphatic carboxylic acids is 1. The zero-order valence-electron chi connectivity index (χ0n) is 9.66. The van der Waals surface area contributed by atoms with Gasteiger partial charge in [0.25, 0.3) is 0 Å². The van der Waals surface area contributed by atoms with Crippen molar-refractivity contribution < 1.29 is 9.90 Å². The molecule has 3 heteroatoms. The van der Waals surface area contributed by atoms with Crippen molar-refractivity contribution in [2.45, 2.75) is 32.7 Å². The van der Waals surface area contributed by atoms with Gasteiger partial charge in [0.05, 0.1) is 5.92 Å². The topological polar surface area (TPSA) is 49.3 Å². The van der Waals surface area contributed by atoms with Gasteiger partial charge in [-0.2, -0.15) is 0 Å². The normalized spacial score (nSPS) is 20.0. The van der Waals surface area contributed by atoms with E-state index in [0.717, 1.165) is 6.42 Å². The number of carbonyl (C=O) groups is 1. The Morgan fingerprint density at radius 3 is 3.00 bits per heavy atom. The molecule has 0 saturated carbocycles. The molecule has 0 spiro atoms. The molecular weight excluding hydrogens is 202 g/mol. The van der Waals surface area contributed by atoms with Crippen LogP contribution in [0.4, 0.5) is 5.69 Å². The Kier molecular flexibility index (Phi) is 2.86. The largest absolute Gasteiger partial charge is 0.481 e. The molecule has 0 aromatic heterocycles. The summed E-state index contributed by atoms with van der Waals surface area (Å²) >= 11 is 0. The third-order valence-corrected chi connectivity index (χ3v) is 3.28. The first kappa shape index (κ1) is 11.0. The highest BCUT2D eigenvalue weighted by atomic mass is 16.4. The Hall–Kier alpha value is -1.51. The highest BCUT2D eigenvalue weighted by Gasteiger charge is 2.25. The van der Waals surface area contributed by atoms with Crippen LogP contribution < -0.4 is 5.32 Å². The summed E-state index contributed by atoms with van der Waals surface area (Å²) in [5.74, 6) is -0.999. The summed E-state index contributed by atoms with van der Waals surface area (Å²) in [5, 5.41) is 12.3. The Morgan fingerprint density at radius 2 is 2.38 bits per heavy atom. The summed E-state index contributed by atoms with van der Waals surface area (Å²) < 4.78 is 0. The van der Waals surface area contributed by atoms with Gasteiger partial charge in [0.15, 0.2) is 0 Å². The van der Waals surface area contributed by atoms with E-state index in [-0.39, 0.29) is 12.0 Å². The van der Waals surface area contributed by atoms with Crippen molar-refractivity contribution in [1.29, 1.82) is 0 Å². The van der Waals surface area contributed by atoms with Gasteiger partial charge in [0, 0.05) is 11.7 Å². The van der Waals surface area contributed by atoms with Crippen LogP contribution >= 0.6 is 0 Å². The average molecular weight is 219 g/mol. The summed E-state index contributed by atoms with van der Waals surface area (Å²) in [6, 6.07) is 6.46. The first-order valence-corrected chi connectivity index (χ1v) is 5.65. The molecular formula is C13H17NO2. The van der Waals surface area contributed by atoms with Crippen molar-refractivity contribution in [1.82, 2.24) is 0 Å². The molecule has 2 unspecified atom stereocenters. The van der Waals surface area contributed by atoms with Crippen LogP contribution in [0.15, 0.2) is 18.2 Å². The van der Waals surface area contributed by atoms with Crippen molar-refractivity contribution in [2.24, 2.45) is 5.92 Å². The third kappa shape index (κ3) is 2.03. The molecule has 0 fully saturated rings. The van der Waals surface area contributed by atoms with Gasteiger partial charge in [-0.3, -0.25) is 4.79 Å². The molecule has 0 aliphatic carbocycles. The minimum atomic E-state index is -0.713. The molecule has 1 aromatic rings. The zero-order chi connectivity index (χ0) is 11.7. The highest BCUT2D eigenvalue weighted by Crippen LogP contribution is 2.30. The van der Waals surface area contributed by atoms with Crippen molar-refractivity contribution in [3.05, 3.63) is 29.3 Å². The molecule has 1 aliphatic rings. The maximum atomic E-state index is 10.8. The zero-order valence-corrected chi connectivity index (χ0v) is 9.66. The number of benzene rings is 1. The van der Waals surface area contributed by atoms with Crippen molar-refractivity contribution in [3.63, 3.8) is 0 Å². The molecule has 0 bridgehead atoms. The van der Waals surface area contributed by atoms with Crippen LogP contribution in [-0.4, -0.2) is 17.1 Å². The monoisotopic (exact) mass is 219 g/mol. The summed E-state index contributed by atoms with van der Waals surface area (Å²) in [5.41, 5.74) is 3.79. The lowest BCUT2D eigenvalue weighted by Gasteiger charge is -2.13. The van der Waals surface area contributed by atoms with Crippen LogP contribution in [0.25, 0.3) is 0 Å². The van der Waals surface area contributed by atoms with Crippen molar-refractivity contribution in [3.8, 4) is 0 Å². The van der Waals surface area contributed by atoms with Gasteiger partial charge in [0.1, 0.15) is 0 Å². The van der Waals surface area contributed by atoms with E-state index in [1.807, 2.05) is 6.07 Å². The minimum Gasteiger partial charge on any atom is -0.481 e. The van der Waals surface area contributed by atoms with Gasteiger partial charge >= 0.3 is 5.97 Å². The minimum absolute atomic E-state index is 0.266. The van der Waals surface area contributed by atoms with Gasteiger partial charge in [-0.1, -0.05) is 19.1 Å². The number of carboxylic acids is 1. The molecule has 0 saturated heterocycles. The van der Waals surface area contributed by atoms with Crippen LogP contribution in [-0.2, 0) is 11.2 Å². The van der Waals surface area contributed by atoms with Crippen molar-refractivity contribution >= 4 is 11.7 Å². The van der Waals surface area contributed by atoms with Gasteiger partial charge in [-0.15, -0.1) is 0 Å². The van der Waals surface area contributed by atoms with E-state index >= 15 is 0 Å². The summed E-state index contributed by atoms with van der Waals surface area (Å²) in [6.07, 6.45) is 1.63. The van der Waals surface area contributed by atoms with E-state index in [1.54, 1.807) is 6.92 Å². The van der Waals surface area contributed by atoms with E-state index in [4.69, 9.17) is 5.11 Å². The number of aryl methyl sites for hydroxylation is 1. The Bertz CT molecular complexity index is 414. The second-order valence-corrected chi connectivity index (χ2v) is 4.62. The van der Waals surface area contributed by atoms with Gasteiger partial charge in [-0.05, 0) is 37.0 Å².